The van der Waals surface area contributed by atoms with E-state index in [-0.39, 0.29) is 11.9 Å². The van der Waals surface area contributed by atoms with Gasteiger partial charge in [-0.05, 0) is 19.1 Å². The summed E-state index contributed by atoms with van der Waals surface area (Å²) in [5, 5.41) is 4.63. The predicted octanol–water partition coefficient (Wildman–Crippen LogP) is 4.99. The number of hydrogen-bond acceptors (Lipinski definition) is 5. The topological polar surface area (TPSA) is 92.2 Å². The molecule has 2 N–H and O–H groups in total. The van der Waals surface area contributed by atoms with Crippen molar-refractivity contribution < 1.29 is 30.5 Å². The molecule has 1 aromatic carbocycles. The van der Waals surface area contributed by atoms with E-state index in [0.29, 0.717) is 10.6 Å². The summed E-state index contributed by atoms with van der Waals surface area (Å²) >= 11 is 6.24. The molecule has 0 saturated heterocycles. The molecule has 0 bridgehead atoms. The summed E-state index contributed by atoms with van der Waals surface area (Å²) < 4.78 is 71.4. The van der Waals surface area contributed by atoms with Gasteiger partial charge in [0.15, 0.2) is 0 Å². The highest BCUT2D eigenvalue weighted by Crippen LogP contribution is 2.32. The van der Waals surface area contributed by atoms with Crippen molar-refractivity contribution in [2.75, 3.05) is 5.32 Å². The second-order valence-corrected chi connectivity index (χ2v) is 7.50. The standard InChI is InChI=1S/C16H13ClFN3.CHF3O3S/c1-10(11-4-2-3-5-14(11)18)21-16-12-6-7-19-9-15(12)20-8-13(16)17;2-1(3,4)8(5,6)7/h2-10H,1H3,(H,20,21);(H,5,6,7). The maximum absolute atomic E-state index is 13.9. The SMILES string of the molecule is CC(Nc1c(Cl)cnc2cnccc12)c1ccccc1F.O=S(=O)(O)C(F)(F)F. The van der Waals surface area contributed by atoms with E-state index in [1.54, 1.807) is 30.7 Å². The highest BCUT2D eigenvalue weighted by Gasteiger charge is 2.44. The van der Waals surface area contributed by atoms with Crippen LogP contribution in [0.4, 0.5) is 23.2 Å². The van der Waals surface area contributed by atoms with Gasteiger partial charge in [-0.15, -0.1) is 0 Å². The molecule has 2 heterocycles. The zero-order chi connectivity index (χ0) is 21.8. The molecule has 0 fully saturated rings. The number of nitrogens with zero attached hydrogens (tertiary/aromatic N) is 2. The molecular weight excluding hydrogens is 438 g/mol. The summed E-state index contributed by atoms with van der Waals surface area (Å²) in [5.41, 5.74) is -3.47. The van der Waals surface area contributed by atoms with Crippen LogP contribution in [0.5, 0.6) is 0 Å². The van der Waals surface area contributed by atoms with Gasteiger partial charge in [0.2, 0.25) is 0 Å². The molecule has 0 aliphatic heterocycles. The van der Waals surface area contributed by atoms with E-state index in [1.165, 1.54) is 6.07 Å². The van der Waals surface area contributed by atoms with E-state index in [1.807, 2.05) is 19.1 Å². The number of rotatable bonds is 3. The lowest BCUT2D eigenvalue weighted by Crippen LogP contribution is -2.21. The summed E-state index contributed by atoms with van der Waals surface area (Å²) in [7, 11) is -5.84. The second-order valence-electron chi connectivity index (χ2n) is 5.68. The van der Waals surface area contributed by atoms with Gasteiger partial charge in [-0.25, -0.2) is 4.39 Å². The molecule has 156 valence electrons. The summed E-state index contributed by atoms with van der Waals surface area (Å²) in [6.45, 7) is 1.89. The first-order valence-electron chi connectivity index (χ1n) is 7.84. The van der Waals surface area contributed by atoms with Crippen molar-refractivity contribution in [1.29, 1.82) is 0 Å². The normalized spacial score (nSPS) is 12.8. The molecule has 1 unspecified atom stereocenters. The van der Waals surface area contributed by atoms with Gasteiger partial charge in [0.1, 0.15) is 5.82 Å². The van der Waals surface area contributed by atoms with Crippen molar-refractivity contribution in [3.05, 3.63) is 65.3 Å². The van der Waals surface area contributed by atoms with Crippen LogP contribution < -0.4 is 5.32 Å². The maximum atomic E-state index is 13.9. The number of nitrogens with one attached hydrogen (secondary N) is 1. The van der Waals surface area contributed by atoms with Crippen LogP contribution in [0.15, 0.2) is 48.9 Å². The van der Waals surface area contributed by atoms with Gasteiger partial charge >= 0.3 is 15.6 Å². The molecule has 2 aromatic heterocycles. The van der Waals surface area contributed by atoms with E-state index >= 15 is 0 Å². The lowest BCUT2D eigenvalue weighted by atomic mass is 10.1. The highest BCUT2D eigenvalue weighted by atomic mass is 35.5. The summed E-state index contributed by atoms with van der Waals surface area (Å²) in [6.07, 6.45) is 4.92. The number of anilines is 1. The summed E-state index contributed by atoms with van der Waals surface area (Å²) in [4.78, 5) is 8.27. The van der Waals surface area contributed by atoms with Gasteiger partial charge in [0.05, 0.1) is 28.5 Å². The molecule has 29 heavy (non-hydrogen) atoms. The molecule has 0 aliphatic carbocycles. The fourth-order valence-corrected chi connectivity index (χ4v) is 2.49. The van der Waals surface area contributed by atoms with Crippen molar-refractivity contribution in [1.82, 2.24) is 9.97 Å². The molecular formula is C17H14ClF4N3O3S. The molecule has 3 rings (SSSR count). The molecule has 0 saturated carbocycles. The Bertz CT molecular complexity index is 1110. The zero-order valence-corrected chi connectivity index (χ0v) is 16.2. The number of aromatic nitrogens is 2. The minimum Gasteiger partial charge on any atom is -0.377 e. The number of pyridine rings is 2. The monoisotopic (exact) mass is 451 g/mol. The molecule has 6 nitrogen and oxygen atoms in total. The Morgan fingerprint density at radius 1 is 1.17 bits per heavy atom. The average Bonchev–Trinajstić information content (AvgIpc) is 2.63. The average molecular weight is 452 g/mol. The van der Waals surface area contributed by atoms with Gasteiger partial charge in [0, 0.05) is 23.3 Å². The molecule has 0 aliphatic rings. The fraction of sp³-hybridized carbons (Fsp3) is 0.176. The van der Waals surface area contributed by atoms with E-state index in [2.05, 4.69) is 15.3 Å². The summed E-state index contributed by atoms with van der Waals surface area (Å²) in [5.74, 6) is -0.242. The van der Waals surface area contributed by atoms with E-state index in [9.17, 15) is 17.6 Å². The Kier molecular flexibility index (Phi) is 6.98. The first-order valence-corrected chi connectivity index (χ1v) is 9.66. The van der Waals surface area contributed by atoms with Crippen molar-refractivity contribution >= 4 is 38.3 Å². The fourth-order valence-electron chi connectivity index (χ4n) is 2.29. The van der Waals surface area contributed by atoms with Crippen LogP contribution in [-0.4, -0.2) is 28.4 Å². The third-order valence-corrected chi connectivity index (χ3v) is 4.52. The van der Waals surface area contributed by atoms with Gasteiger partial charge in [-0.1, -0.05) is 29.8 Å². The minimum atomic E-state index is -5.84. The molecule has 0 amide bonds. The van der Waals surface area contributed by atoms with E-state index in [0.717, 1.165) is 16.6 Å². The van der Waals surface area contributed by atoms with Crippen LogP contribution >= 0.6 is 11.6 Å². The largest absolute Gasteiger partial charge is 0.522 e. The number of fused-ring (bicyclic) bond motifs is 1. The second kappa shape index (κ2) is 8.89. The smallest absolute Gasteiger partial charge is 0.377 e. The number of alkyl halides is 3. The minimum absolute atomic E-state index is 0.220. The van der Waals surface area contributed by atoms with Gasteiger partial charge < -0.3 is 5.32 Å². The van der Waals surface area contributed by atoms with Crippen LogP contribution in [-0.2, 0) is 10.1 Å². The first-order chi connectivity index (χ1) is 13.4. The third-order valence-electron chi connectivity index (χ3n) is 3.65. The lowest BCUT2D eigenvalue weighted by molar-refractivity contribution is -0.0510. The Labute approximate surface area is 168 Å². The first kappa shape index (κ1) is 22.8. The van der Waals surface area contributed by atoms with Crippen molar-refractivity contribution in [2.24, 2.45) is 0 Å². The van der Waals surface area contributed by atoms with Crippen molar-refractivity contribution in [3.8, 4) is 0 Å². The van der Waals surface area contributed by atoms with Crippen LogP contribution in [0.2, 0.25) is 5.02 Å². The van der Waals surface area contributed by atoms with Crippen LogP contribution in [0, 0.1) is 5.82 Å². The third kappa shape index (κ3) is 5.75. The zero-order valence-electron chi connectivity index (χ0n) is 14.7. The number of benzene rings is 1. The van der Waals surface area contributed by atoms with Crippen molar-refractivity contribution in [2.45, 2.75) is 18.5 Å². The van der Waals surface area contributed by atoms with E-state index in [4.69, 9.17) is 24.6 Å². The lowest BCUT2D eigenvalue weighted by Gasteiger charge is -2.18. The Morgan fingerprint density at radius 3 is 2.38 bits per heavy atom. The molecule has 3 aromatic rings. The quantitative estimate of drug-likeness (QED) is 0.331. The van der Waals surface area contributed by atoms with Crippen molar-refractivity contribution in [3.63, 3.8) is 0 Å². The van der Waals surface area contributed by atoms with Crippen LogP contribution in [0.1, 0.15) is 18.5 Å². The van der Waals surface area contributed by atoms with Gasteiger partial charge in [-0.3, -0.25) is 14.5 Å². The molecule has 12 heteroatoms. The molecule has 0 spiro atoms. The maximum Gasteiger partial charge on any atom is 0.522 e. The Balaban J connectivity index is 0.000000321. The summed E-state index contributed by atoms with van der Waals surface area (Å²) in [6, 6.07) is 8.31. The molecule has 0 radical (unpaired) electrons. The Morgan fingerprint density at radius 2 is 1.79 bits per heavy atom. The van der Waals surface area contributed by atoms with Crippen LogP contribution in [0.25, 0.3) is 10.9 Å². The van der Waals surface area contributed by atoms with Gasteiger partial charge in [0.25, 0.3) is 0 Å². The van der Waals surface area contributed by atoms with Gasteiger partial charge in [-0.2, -0.15) is 21.6 Å². The Hall–Kier alpha value is -2.50. The van der Waals surface area contributed by atoms with E-state index < -0.39 is 15.6 Å². The molecule has 1 atom stereocenters. The highest BCUT2D eigenvalue weighted by molar-refractivity contribution is 7.86. The number of hydrogen-bond donors (Lipinski definition) is 2. The predicted molar refractivity (Wildman–Crippen MR) is 101 cm³/mol. The number of halogens is 5. The van der Waals surface area contributed by atoms with Crippen LogP contribution in [0.3, 0.4) is 0 Å².